The number of halogens is 1. The first-order valence-electron chi connectivity index (χ1n) is 4.46. The van der Waals surface area contributed by atoms with Crippen LogP contribution in [0.5, 0.6) is 0 Å². The molecule has 0 saturated heterocycles. The Bertz CT molecular complexity index is 513. The molecule has 0 fully saturated rings. The van der Waals surface area contributed by atoms with Crippen molar-refractivity contribution >= 4 is 30.3 Å². The van der Waals surface area contributed by atoms with Gasteiger partial charge < -0.3 is 21.1 Å². The van der Waals surface area contributed by atoms with E-state index in [1.54, 1.807) is 0 Å². The first-order valence-corrected chi connectivity index (χ1v) is 4.46. The first kappa shape index (κ1) is 15.9. The lowest BCUT2D eigenvalue weighted by Crippen LogP contribution is -2.18. The number of carboxylic acid groups (broad SMARTS) is 3. The molecule has 8 heteroatoms. The van der Waals surface area contributed by atoms with E-state index >= 15 is 0 Å². The van der Waals surface area contributed by atoms with Crippen molar-refractivity contribution in [3.63, 3.8) is 0 Å². The lowest BCUT2D eigenvalue weighted by Gasteiger charge is -2.09. The molecule has 18 heavy (non-hydrogen) atoms. The fourth-order valence-corrected chi connectivity index (χ4v) is 1.46. The van der Waals surface area contributed by atoms with Crippen LogP contribution in [0.15, 0.2) is 12.1 Å². The van der Waals surface area contributed by atoms with Gasteiger partial charge in [0, 0.05) is 6.54 Å². The van der Waals surface area contributed by atoms with Gasteiger partial charge in [0.1, 0.15) is 0 Å². The van der Waals surface area contributed by atoms with Gasteiger partial charge in [-0.1, -0.05) is 6.07 Å². The van der Waals surface area contributed by atoms with Gasteiger partial charge in [-0.2, -0.15) is 0 Å². The first-order chi connectivity index (χ1) is 7.90. The molecule has 5 N–H and O–H groups in total. The predicted molar refractivity (Wildman–Crippen MR) is 62.5 cm³/mol. The highest BCUT2D eigenvalue weighted by atomic mass is 35.5. The Morgan fingerprint density at radius 3 is 1.78 bits per heavy atom. The summed E-state index contributed by atoms with van der Waals surface area (Å²) in [4.78, 5) is 32.7. The van der Waals surface area contributed by atoms with Crippen LogP contribution in [0.2, 0.25) is 0 Å². The maximum Gasteiger partial charge on any atom is 0.337 e. The van der Waals surface area contributed by atoms with E-state index in [0.717, 1.165) is 6.07 Å². The molecule has 0 atom stereocenters. The number of hydrogen-bond acceptors (Lipinski definition) is 4. The highest BCUT2D eigenvalue weighted by molar-refractivity contribution is 6.09. The minimum atomic E-state index is -1.62. The average Bonchev–Trinajstić information content (AvgIpc) is 2.26. The molecular formula is C10H10ClNO6. The SMILES string of the molecule is Cl.NCc1ccc(C(=O)O)c(C(=O)O)c1C(=O)O. The Hall–Kier alpha value is -2.12. The molecule has 1 aromatic carbocycles. The Balaban J connectivity index is 0.00000289. The summed E-state index contributed by atoms with van der Waals surface area (Å²) >= 11 is 0. The number of rotatable bonds is 4. The number of benzene rings is 1. The molecule has 98 valence electrons. The van der Waals surface area contributed by atoms with Crippen molar-refractivity contribution in [3.05, 3.63) is 34.4 Å². The smallest absolute Gasteiger partial charge is 0.337 e. The Morgan fingerprint density at radius 1 is 0.944 bits per heavy atom. The van der Waals surface area contributed by atoms with Crippen LogP contribution in [0.25, 0.3) is 0 Å². The van der Waals surface area contributed by atoms with Gasteiger partial charge in [0.05, 0.1) is 16.7 Å². The Labute approximate surface area is 107 Å². The third-order valence-electron chi connectivity index (χ3n) is 2.17. The molecule has 0 heterocycles. The Kier molecular flexibility index (Phi) is 5.28. The zero-order valence-electron chi connectivity index (χ0n) is 8.91. The fourth-order valence-electron chi connectivity index (χ4n) is 1.46. The summed E-state index contributed by atoms with van der Waals surface area (Å²) in [7, 11) is 0. The zero-order valence-corrected chi connectivity index (χ0v) is 9.73. The molecular weight excluding hydrogens is 266 g/mol. The van der Waals surface area contributed by atoms with E-state index < -0.39 is 34.6 Å². The molecule has 0 amide bonds. The van der Waals surface area contributed by atoms with E-state index in [1.807, 2.05) is 0 Å². The highest BCUT2D eigenvalue weighted by Crippen LogP contribution is 2.20. The summed E-state index contributed by atoms with van der Waals surface area (Å²) < 4.78 is 0. The van der Waals surface area contributed by atoms with Crippen molar-refractivity contribution in [2.75, 3.05) is 0 Å². The van der Waals surface area contributed by atoms with Crippen molar-refractivity contribution in [1.82, 2.24) is 0 Å². The van der Waals surface area contributed by atoms with Crippen LogP contribution in [-0.2, 0) is 6.54 Å². The molecule has 0 saturated carbocycles. The second-order valence-corrected chi connectivity index (χ2v) is 3.14. The van der Waals surface area contributed by atoms with E-state index in [-0.39, 0.29) is 24.5 Å². The standard InChI is InChI=1S/C10H9NO6.ClH/c11-3-4-1-2-5(8(12)13)7(10(16)17)6(4)9(14)15;/h1-2H,3,11H2,(H,12,13)(H,14,15)(H,16,17);1H. The second kappa shape index (κ2) is 5.99. The average molecular weight is 276 g/mol. The summed E-state index contributed by atoms with van der Waals surface area (Å²) in [6, 6.07) is 2.22. The van der Waals surface area contributed by atoms with Gasteiger partial charge in [-0.15, -0.1) is 12.4 Å². The van der Waals surface area contributed by atoms with E-state index in [2.05, 4.69) is 0 Å². The third-order valence-corrected chi connectivity index (χ3v) is 2.17. The van der Waals surface area contributed by atoms with Crippen LogP contribution in [-0.4, -0.2) is 33.2 Å². The Morgan fingerprint density at radius 2 is 1.44 bits per heavy atom. The number of aromatic carboxylic acids is 3. The van der Waals surface area contributed by atoms with E-state index in [9.17, 15) is 14.4 Å². The lowest BCUT2D eigenvalue weighted by molar-refractivity contribution is 0.0632. The normalized spacial score (nSPS) is 9.39. The molecule has 0 aliphatic rings. The maximum atomic E-state index is 11.0. The lowest BCUT2D eigenvalue weighted by atomic mass is 9.95. The van der Waals surface area contributed by atoms with E-state index in [1.165, 1.54) is 6.07 Å². The summed E-state index contributed by atoms with van der Waals surface area (Å²) in [5, 5.41) is 26.6. The van der Waals surface area contributed by atoms with Crippen LogP contribution in [0.3, 0.4) is 0 Å². The molecule has 0 spiro atoms. The molecule has 0 radical (unpaired) electrons. The largest absolute Gasteiger partial charge is 0.478 e. The third kappa shape index (κ3) is 2.76. The van der Waals surface area contributed by atoms with Crippen molar-refractivity contribution in [2.45, 2.75) is 6.54 Å². The number of nitrogens with two attached hydrogens (primary N) is 1. The van der Waals surface area contributed by atoms with Crippen LogP contribution >= 0.6 is 12.4 Å². The van der Waals surface area contributed by atoms with Crippen molar-refractivity contribution in [1.29, 1.82) is 0 Å². The van der Waals surface area contributed by atoms with Gasteiger partial charge in [0.15, 0.2) is 0 Å². The van der Waals surface area contributed by atoms with Crippen LogP contribution in [0.1, 0.15) is 36.6 Å². The summed E-state index contributed by atoms with van der Waals surface area (Å²) in [5.41, 5.74) is 3.43. The molecule has 0 bridgehead atoms. The molecule has 0 aliphatic heterocycles. The van der Waals surface area contributed by atoms with E-state index in [4.69, 9.17) is 21.1 Å². The fraction of sp³-hybridized carbons (Fsp3) is 0.100. The van der Waals surface area contributed by atoms with Crippen molar-refractivity contribution < 1.29 is 29.7 Å². The minimum Gasteiger partial charge on any atom is -0.478 e. The minimum absolute atomic E-state index is 0. The van der Waals surface area contributed by atoms with Gasteiger partial charge in [-0.3, -0.25) is 0 Å². The topological polar surface area (TPSA) is 138 Å². The molecule has 0 unspecified atom stereocenters. The summed E-state index contributed by atoms with van der Waals surface area (Å²) in [5.74, 6) is -4.64. The van der Waals surface area contributed by atoms with Gasteiger partial charge in [0.25, 0.3) is 0 Å². The highest BCUT2D eigenvalue weighted by Gasteiger charge is 2.26. The van der Waals surface area contributed by atoms with Gasteiger partial charge in [0.2, 0.25) is 0 Å². The molecule has 1 rings (SSSR count). The number of hydrogen-bond donors (Lipinski definition) is 4. The number of carbonyl (C=O) groups is 3. The maximum absolute atomic E-state index is 11.0. The van der Waals surface area contributed by atoms with Crippen molar-refractivity contribution in [3.8, 4) is 0 Å². The van der Waals surface area contributed by atoms with Crippen LogP contribution in [0.4, 0.5) is 0 Å². The predicted octanol–water partition coefficient (Wildman–Crippen LogP) is 0.662. The molecule has 0 aliphatic carbocycles. The summed E-state index contributed by atoms with van der Waals surface area (Å²) in [6.07, 6.45) is 0. The number of carboxylic acids is 3. The van der Waals surface area contributed by atoms with Gasteiger partial charge >= 0.3 is 17.9 Å². The van der Waals surface area contributed by atoms with Crippen LogP contribution in [0, 0.1) is 0 Å². The molecule has 0 aromatic heterocycles. The van der Waals surface area contributed by atoms with Crippen molar-refractivity contribution in [2.24, 2.45) is 5.73 Å². The zero-order chi connectivity index (χ0) is 13.2. The molecule has 7 nitrogen and oxygen atoms in total. The second-order valence-electron chi connectivity index (χ2n) is 3.14. The quantitative estimate of drug-likeness (QED) is 0.633. The van der Waals surface area contributed by atoms with Gasteiger partial charge in [-0.25, -0.2) is 14.4 Å². The monoisotopic (exact) mass is 275 g/mol. The van der Waals surface area contributed by atoms with Crippen LogP contribution < -0.4 is 5.73 Å². The summed E-state index contributed by atoms with van der Waals surface area (Å²) in [6.45, 7) is -0.193. The van der Waals surface area contributed by atoms with E-state index in [0.29, 0.717) is 0 Å². The van der Waals surface area contributed by atoms with Gasteiger partial charge in [-0.05, 0) is 11.6 Å². The molecule has 1 aromatic rings.